The summed E-state index contributed by atoms with van der Waals surface area (Å²) < 4.78 is 0. The van der Waals surface area contributed by atoms with Crippen LogP contribution in [0.5, 0.6) is 0 Å². The molecule has 0 spiro atoms. The number of rotatable bonds is 0. The summed E-state index contributed by atoms with van der Waals surface area (Å²) in [5.41, 5.74) is 2.11. The zero-order chi connectivity index (χ0) is 6.97. The molecule has 0 radical (unpaired) electrons. The van der Waals surface area contributed by atoms with Crippen molar-refractivity contribution in [1.29, 1.82) is 0 Å². The number of aryl methyl sites for hydroxylation is 1. The van der Waals surface area contributed by atoms with Gasteiger partial charge < -0.3 is 0 Å². The summed E-state index contributed by atoms with van der Waals surface area (Å²) in [5, 5.41) is 7.88. The third-order valence-electron chi connectivity index (χ3n) is 1.55. The summed E-state index contributed by atoms with van der Waals surface area (Å²) in [5.74, 6) is 0. The van der Waals surface area contributed by atoms with Crippen molar-refractivity contribution in [2.75, 3.05) is 0 Å². The van der Waals surface area contributed by atoms with Crippen LogP contribution in [0.4, 0.5) is 0 Å². The fourth-order valence-corrected chi connectivity index (χ4v) is 0.989. The average molecular weight is 130 g/mol. The number of aromatic nitrogens is 2. The van der Waals surface area contributed by atoms with E-state index in [-0.39, 0.29) is 0 Å². The Balaban J connectivity index is 2.95. The summed E-state index contributed by atoms with van der Waals surface area (Å²) >= 11 is 0. The van der Waals surface area contributed by atoms with Crippen LogP contribution in [0.15, 0.2) is 12.3 Å². The van der Waals surface area contributed by atoms with Crippen LogP contribution in [0, 0.1) is 19.1 Å². The number of H-pyrrole nitrogens is 1. The van der Waals surface area contributed by atoms with Gasteiger partial charge in [0.2, 0.25) is 0 Å². The molecule has 0 amide bonds. The van der Waals surface area contributed by atoms with Crippen molar-refractivity contribution < 1.29 is 0 Å². The molecule has 1 heterocycles. The van der Waals surface area contributed by atoms with E-state index < -0.39 is 0 Å². The molecule has 1 aromatic carbocycles. The highest BCUT2D eigenvalue weighted by Gasteiger charge is 1.94. The molecule has 2 nitrogen and oxygen atoms in total. The molecular weight excluding hydrogens is 124 g/mol. The third kappa shape index (κ3) is 0.577. The molecule has 1 N–H and O–H groups in total. The molecule has 0 aliphatic heterocycles. The molecule has 0 aliphatic rings. The van der Waals surface area contributed by atoms with E-state index in [9.17, 15) is 0 Å². The molecule has 10 heavy (non-hydrogen) atoms. The molecule has 0 saturated carbocycles. The predicted octanol–water partition coefficient (Wildman–Crippen LogP) is 1.47. The van der Waals surface area contributed by atoms with E-state index >= 15 is 0 Å². The van der Waals surface area contributed by atoms with Crippen molar-refractivity contribution in [3.05, 3.63) is 30.0 Å². The molecule has 2 heteroatoms. The van der Waals surface area contributed by atoms with Crippen LogP contribution < -0.4 is 0 Å². The first-order valence-corrected chi connectivity index (χ1v) is 3.10. The number of hydrogen-bond donors (Lipinski definition) is 1. The fraction of sp³-hybridized carbons (Fsp3) is 0.125. The Kier molecular flexibility index (Phi) is 0.925. The van der Waals surface area contributed by atoms with Crippen LogP contribution in [0.3, 0.4) is 0 Å². The van der Waals surface area contributed by atoms with Crippen LogP contribution >= 0.6 is 0 Å². The fourth-order valence-electron chi connectivity index (χ4n) is 0.989. The van der Waals surface area contributed by atoms with Gasteiger partial charge in [0.15, 0.2) is 0 Å². The number of hydrogen-bond acceptors (Lipinski definition) is 1. The monoisotopic (exact) mass is 130 g/mol. The van der Waals surface area contributed by atoms with Crippen LogP contribution in [0.25, 0.3) is 10.9 Å². The number of nitrogens with zero attached hydrogens (tertiary/aromatic N) is 1. The number of aromatic amines is 1. The zero-order valence-corrected chi connectivity index (χ0v) is 5.60. The molecule has 1 aromatic heterocycles. The smallest absolute Gasteiger partial charge is 0.0742 e. The first-order valence-electron chi connectivity index (χ1n) is 3.10. The Labute approximate surface area is 58.9 Å². The van der Waals surface area contributed by atoms with Crippen molar-refractivity contribution in [2.24, 2.45) is 0 Å². The molecule has 0 bridgehead atoms. The maximum absolute atomic E-state index is 3.90. The van der Waals surface area contributed by atoms with E-state index in [1.807, 2.05) is 13.0 Å². The topological polar surface area (TPSA) is 28.7 Å². The minimum Gasteiger partial charge on any atom is -0.277 e. The van der Waals surface area contributed by atoms with Gasteiger partial charge >= 0.3 is 0 Å². The van der Waals surface area contributed by atoms with Gasteiger partial charge in [-0.05, 0) is 6.92 Å². The lowest BCUT2D eigenvalue weighted by Crippen LogP contribution is -1.68. The summed E-state index contributed by atoms with van der Waals surface area (Å²) in [6.45, 7) is 1.99. The first-order chi connectivity index (χ1) is 4.88. The van der Waals surface area contributed by atoms with E-state index in [4.69, 9.17) is 0 Å². The van der Waals surface area contributed by atoms with Gasteiger partial charge in [0.25, 0.3) is 0 Å². The maximum Gasteiger partial charge on any atom is 0.0742 e. The molecule has 0 atom stereocenters. The molecule has 2 aromatic rings. The normalized spacial score (nSPS) is 9.70. The van der Waals surface area contributed by atoms with E-state index in [0.29, 0.717) is 0 Å². The summed E-state index contributed by atoms with van der Waals surface area (Å²) in [6.07, 6.45) is 1.80. The second-order valence-electron chi connectivity index (χ2n) is 2.24. The van der Waals surface area contributed by atoms with E-state index in [1.54, 1.807) is 6.20 Å². The predicted molar refractivity (Wildman–Crippen MR) is 38.5 cm³/mol. The average Bonchev–Trinajstić information content (AvgIpc) is 2.36. The summed E-state index contributed by atoms with van der Waals surface area (Å²) in [6, 6.07) is 7.71. The Bertz CT molecular complexity index is 349. The van der Waals surface area contributed by atoms with Crippen LogP contribution in [0.1, 0.15) is 5.56 Å². The highest BCUT2D eigenvalue weighted by Crippen LogP contribution is 2.10. The van der Waals surface area contributed by atoms with Gasteiger partial charge in [-0.2, -0.15) is 5.10 Å². The molecule has 0 fully saturated rings. The third-order valence-corrected chi connectivity index (χ3v) is 1.55. The van der Waals surface area contributed by atoms with Gasteiger partial charge in [-0.3, -0.25) is 5.10 Å². The maximum atomic E-state index is 3.90. The van der Waals surface area contributed by atoms with Gasteiger partial charge in [0.05, 0.1) is 11.7 Å². The van der Waals surface area contributed by atoms with Gasteiger partial charge in [0.1, 0.15) is 0 Å². The zero-order valence-electron chi connectivity index (χ0n) is 5.60. The van der Waals surface area contributed by atoms with Gasteiger partial charge in [-0.25, -0.2) is 0 Å². The summed E-state index contributed by atoms with van der Waals surface area (Å²) in [4.78, 5) is 0. The van der Waals surface area contributed by atoms with E-state index in [2.05, 4.69) is 22.3 Å². The van der Waals surface area contributed by atoms with E-state index in [0.717, 1.165) is 16.5 Å². The molecule has 0 saturated heterocycles. The number of nitrogens with one attached hydrogen (secondary N) is 1. The first kappa shape index (κ1) is 5.31. The van der Waals surface area contributed by atoms with Gasteiger partial charge in [0, 0.05) is 17.0 Å². The van der Waals surface area contributed by atoms with Crippen molar-refractivity contribution in [3.8, 4) is 0 Å². The van der Waals surface area contributed by atoms with Gasteiger partial charge in [-0.15, -0.1) is 0 Å². The van der Waals surface area contributed by atoms with E-state index in [1.165, 1.54) is 0 Å². The summed E-state index contributed by atoms with van der Waals surface area (Å²) in [7, 11) is 0. The standard InChI is InChI=1S/C8H6N2/c1-6-3-2-4-8-7(6)5-9-10-8/h4-5H,1H3,(H,9,10). The lowest BCUT2D eigenvalue weighted by molar-refractivity contribution is 1.12. The van der Waals surface area contributed by atoms with Crippen molar-refractivity contribution in [1.82, 2.24) is 10.2 Å². The lowest BCUT2D eigenvalue weighted by Gasteiger charge is -1.85. The van der Waals surface area contributed by atoms with Crippen molar-refractivity contribution >= 4 is 10.9 Å². The Morgan fingerprint density at radius 1 is 1.60 bits per heavy atom. The quantitative estimate of drug-likeness (QED) is 0.574. The van der Waals surface area contributed by atoms with Crippen LogP contribution in [0.2, 0.25) is 0 Å². The van der Waals surface area contributed by atoms with Gasteiger partial charge in [-0.1, -0.05) is 12.1 Å². The lowest BCUT2D eigenvalue weighted by atomic mass is 10.2. The molecule has 48 valence electrons. The highest BCUT2D eigenvalue weighted by atomic mass is 15.1. The molecule has 0 unspecified atom stereocenters. The van der Waals surface area contributed by atoms with Crippen molar-refractivity contribution in [2.45, 2.75) is 6.92 Å². The Morgan fingerprint density at radius 2 is 2.50 bits per heavy atom. The molecule has 2 rings (SSSR count). The number of fused-ring (bicyclic) bond motifs is 1. The SMILES string of the molecule is Cc1c#ccc2[nH]ncc12. The minimum absolute atomic E-state index is 1.02. The minimum atomic E-state index is 1.02. The Hall–Kier alpha value is -1.49. The molecule has 0 aliphatic carbocycles. The Morgan fingerprint density at radius 3 is 3.30 bits per heavy atom. The van der Waals surface area contributed by atoms with Crippen LogP contribution in [-0.2, 0) is 0 Å². The molecular formula is C8H6N2. The van der Waals surface area contributed by atoms with Crippen molar-refractivity contribution in [3.63, 3.8) is 0 Å². The second-order valence-corrected chi connectivity index (χ2v) is 2.24. The largest absolute Gasteiger partial charge is 0.277 e. The second kappa shape index (κ2) is 1.74. The highest BCUT2D eigenvalue weighted by molar-refractivity contribution is 5.79. The van der Waals surface area contributed by atoms with Crippen LogP contribution in [-0.4, -0.2) is 10.2 Å².